The van der Waals surface area contributed by atoms with Crippen molar-refractivity contribution in [1.29, 1.82) is 0 Å². The average Bonchev–Trinajstić information content (AvgIpc) is 3.71. The van der Waals surface area contributed by atoms with Crippen LogP contribution in [-0.4, -0.2) is 69.5 Å². The number of nitrogens with one attached hydrogen (secondary N) is 1. The van der Waals surface area contributed by atoms with Crippen LogP contribution in [0.1, 0.15) is 38.3 Å². The number of carbonyl (C=O) groups excluding carboxylic acids is 2. The minimum absolute atomic E-state index is 0.142. The Kier molecular flexibility index (Phi) is 7.48. The summed E-state index contributed by atoms with van der Waals surface area (Å²) in [5, 5.41) is 3.34. The SMILES string of the molecule is COC(=O)[C@@]1(NC(=O)OC(C)(C)C)CCN(c2cc(Cl)cc(-c3ccc4c(c3)CCO4)c2Cn2cnc3c(N)ncnc32)C1. The highest BCUT2D eigenvalue weighted by molar-refractivity contribution is 6.31. The Balaban J connectivity index is 1.45. The van der Waals surface area contributed by atoms with Gasteiger partial charge in [-0.15, -0.1) is 0 Å². The lowest BCUT2D eigenvalue weighted by atomic mass is 9.95. The number of nitrogen functional groups attached to an aromatic ring is 1. The summed E-state index contributed by atoms with van der Waals surface area (Å²) in [4.78, 5) is 41.1. The number of nitrogens with zero attached hydrogens (tertiary/aromatic N) is 5. The summed E-state index contributed by atoms with van der Waals surface area (Å²) < 4.78 is 18.3. The fourth-order valence-electron chi connectivity index (χ4n) is 5.90. The Labute approximate surface area is 259 Å². The Morgan fingerprint density at radius 3 is 2.77 bits per heavy atom. The van der Waals surface area contributed by atoms with Gasteiger partial charge in [-0.05, 0) is 61.7 Å². The molecule has 4 heterocycles. The molecular formula is C31H34ClN7O5. The summed E-state index contributed by atoms with van der Waals surface area (Å²) in [7, 11) is 1.31. The molecule has 44 heavy (non-hydrogen) atoms. The van der Waals surface area contributed by atoms with Crippen molar-refractivity contribution in [2.24, 2.45) is 0 Å². The van der Waals surface area contributed by atoms with Crippen LogP contribution in [0.3, 0.4) is 0 Å². The quantitative estimate of drug-likeness (QED) is 0.298. The molecule has 0 aliphatic carbocycles. The molecule has 13 heteroatoms. The molecule has 230 valence electrons. The van der Waals surface area contributed by atoms with Crippen molar-refractivity contribution in [2.75, 3.05) is 37.4 Å². The monoisotopic (exact) mass is 619 g/mol. The lowest BCUT2D eigenvalue weighted by Crippen LogP contribution is -2.57. The lowest BCUT2D eigenvalue weighted by molar-refractivity contribution is -0.147. The van der Waals surface area contributed by atoms with Crippen LogP contribution < -0.4 is 20.7 Å². The van der Waals surface area contributed by atoms with Gasteiger partial charge in [0.25, 0.3) is 0 Å². The summed E-state index contributed by atoms with van der Waals surface area (Å²) in [5.74, 6) is 0.613. The highest BCUT2D eigenvalue weighted by Crippen LogP contribution is 2.41. The minimum atomic E-state index is -1.33. The van der Waals surface area contributed by atoms with Gasteiger partial charge in [-0.1, -0.05) is 17.7 Å². The Morgan fingerprint density at radius 2 is 2.00 bits per heavy atom. The molecule has 2 aliphatic rings. The Hall–Kier alpha value is -4.58. The third-order valence-corrected chi connectivity index (χ3v) is 8.09. The second-order valence-electron chi connectivity index (χ2n) is 12.0. The summed E-state index contributed by atoms with van der Waals surface area (Å²) >= 11 is 6.79. The Morgan fingerprint density at radius 1 is 1.18 bits per heavy atom. The number of halogens is 1. The van der Waals surface area contributed by atoms with E-state index < -0.39 is 23.2 Å². The number of methoxy groups -OCH3 is 1. The van der Waals surface area contributed by atoms with Crippen molar-refractivity contribution in [3.05, 3.63) is 59.1 Å². The highest BCUT2D eigenvalue weighted by atomic mass is 35.5. The number of imidazole rings is 1. The molecule has 12 nitrogen and oxygen atoms in total. The first-order valence-corrected chi connectivity index (χ1v) is 14.7. The molecule has 0 unspecified atom stereocenters. The summed E-state index contributed by atoms with van der Waals surface area (Å²) in [5.41, 5.74) is 9.82. The lowest BCUT2D eigenvalue weighted by Gasteiger charge is -2.31. The molecule has 3 N–H and O–H groups in total. The number of ether oxygens (including phenoxy) is 3. The number of carbonyl (C=O) groups is 2. The second-order valence-corrected chi connectivity index (χ2v) is 12.5. The fraction of sp³-hybridized carbons (Fsp3) is 0.387. The number of anilines is 2. The predicted molar refractivity (Wildman–Crippen MR) is 166 cm³/mol. The number of benzene rings is 2. The molecule has 1 fully saturated rings. The number of hydrogen-bond acceptors (Lipinski definition) is 10. The van der Waals surface area contributed by atoms with Crippen molar-refractivity contribution < 1.29 is 23.8 Å². The number of alkyl carbamates (subject to hydrolysis) is 1. The molecule has 0 saturated carbocycles. The predicted octanol–water partition coefficient (Wildman–Crippen LogP) is 4.36. The van der Waals surface area contributed by atoms with Gasteiger partial charge in [0.1, 0.15) is 23.2 Å². The van der Waals surface area contributed by atoms with E-state index in [-0.39, 0.29) is 6.54 Å². The van der Waals surface area contributed by atoms with Gasteiger partial charge in [0.15, 0.2) is 17.0 Å². The number of hydrogen-bond donors (Lipinski definition) is 2. The van der Waals surface area contributed by atoms with E-state index in [2.05, 4.69) is 26.3 Å². The van der Waals surface area contributed by atoms with Gasteiger partial charge in [-0.2, -0.15) is 0 Å². The van der Waals surface area contributed by atoms with Crippen LogP contribution in [0.5, 0.6) is 5.75 Å². The maximum atomic E-state index is 13.2. The first-order chi connectivity index (χ1) is 21.0. The van der Waals surface area contributed by atoms with Crippen LogP contribution in [0.4, 0.5) is 16.3 Å². The van der Waals surface area contributed by atoms with Gasteiger partial charge in [0, 0.05) is 35.7 Å². The zero-order valence-electron chi connectivity index (χ0n) is 25.0. The standard InChI is InChI=1S/C31H34ClN7O5/c1-30(2,3)44-29(41)37-31(28(40)42-4)8-9-38(15-31)23-13-20(32)12-21(18-5-6-24-19(11-18)7-10-43-24)22(23)14-39-17-36-25-26(33)34-16-35-27(25)39/h5-6,11-13,16-17H,7-10,14-15H2,1-4H3,(H,37,41)(H2,33,34,35)/t31-/m1/s1. The van der Waals surface area contributed by atoms with E-state index in [1.54, 1.807) is 27.1 Å². The molecule has 1 amide bonds. The number of rotatable bonds is 6. The topological polar surface area (TPSA) is 147 Å². The maximum Gasteiger partial charge on any atom is 0.408 e. The van der Waals surface area contributed by atoms with Crippen molar-refractivity contribution >= 4 is 46.3 Å². The van der Waals surface area contributed by atoms with Crippen molar-refractivity contribution in [3.8, 4) is 16.9 Å². The van der Waals surface area contributed by atoms with Gasteiger partial charge >= 0.3 is 12.1 Å². The van der Waals surface area contributed by atoms with Crippen LogP contribution in [0.15, 0.2) is 43.0 Å². The summed E-state index contributed by atoms with van der Waals surface area (Å²) in [6, 6.07) is 9.93. The zero-order chi connectivity index (χ0) is 31.2. The van der Waals surface area contributed by atoms with Crippen LogP contribution in [-0.2, 0) is 27.2 Å². The van der Waals surface area contributed by atoms with Gasteiger partial charge in [0.05, 0.1) is 33.1 Å². The normalized spacial score (nSPS) is 17.8. The van der Waals surface area contributed by atoms with E-state index in [9.17, 15) is 9.59 Å². The average molecular weight is 620 g/mol. The molecule has 2 aromatic carbocycles. The van der Waals surface area contributed by atoms with Gasteiger partial charge in [-0.25, -0.2) is 24.5 Å². The fourth-order valence-corrected chi connectivity index (χ4v) is 6.11. The van der Waals surface area contributed by atoms with Crippen molar-refractivity contribution in [3.63, 3.8) is 0 Å². The molecular weight excluding hydrogens is 586 g/mol. The van der Waals surface area contributed by atoms with Gasteiger partial charge < -0.3 is 34.7 Å². The summed E-state index contributed by atoms with van der Waals surface area (Å²) in [6.45, 7) is 6.88. The third-order valence-electron chi connectivity index (χ3n) is 7.88. The van der Waals surface area contributed by atoms with Crippen LogP contribution in [0.2, 0.25) is 5.02 Å². The maximum absolute atomic E-state index is 13.2. The molecule has 1 atom stereocenters. The second kappa shape index (κ2) is 11.2. The first-order valence-electron chi connectivity index (χ1n) is 14.3. The van der Waals surface area contributed by atoms with Gasteiger partial charge in [0.2, 0.25) is 0 Å². The summed E-state index contributed by atoms with van der Waals surface area (Å²) in [6.07, 6.45) is 3.51. The molecule has 0 bridgehead atoms. The first kappa shape index (κ1) is 29.5. The number of amides is 1. The smallest absolute Gasteiger partial charge is 0.408 e. The molecule has 2 aromatic heterocycles. The zero-order valence-corrected chi connectivity index (χ0v) is 25.8. The van der Waals surface area contributed by atoms with E-state index in [4.69, 9.17) is 31.5 Å². The Bertz CT molecular complexity index is 1770. The van der Waals surface area contributed by atoms with Crippen LogP contribution in [0, 0.1) is 0 Å². The van der Waals surface area contributed by atoms with Crippen molar-refractivity contribution in [1.82, 2.24) is 24.8 Å². The van der Waals surface area contributed by atoms with E-state index in [0.29, 0.717) is 48.1 Å². The van der Waals surface area contributed by atoms with Crippen molar-refractivity contribution in [2.45, 2.75) is 51.3 Å². The van der Waals surface area contributed by atoms with E-state index >= 15 is 0 Å². The molecule has 6 rings (SSSR count). The van der Waals surface area contributed by atoms with E-state index in [1.807, 2.05) is 33.7 Å². The number of esters is 1. The largest absolute Gasteiger partial charge is 0.493 e. The molecule has 0 radical (unpaired) electrons. The number of fused-ring (bicyclic) bond motifs is 2. The van der Waals surface area contributed by atoms with Crippen LogP contribution >= 0.6 is 11.6 Å². The molecule has 1 saturated heterocycles. The molecule has 0 spiro atoms. The highest BCUT2D eigenvalue weighted by Gasteiger charge is 2.48. The minimum Gasteiger partial charge on any atom is -0.493 e. The molecule has 4 aromatic rings. The van der Waals surface area contributed by atoms with E-state index in [0.717, 1.165) is 40.1 Å². The molecule has 2 aliphatic heterocycles. The third kappa shape index (κ3) is 5.57. The number of nitrogens with two attached hydrogens (primary N) is 1. The number of aromatic nitrogens is 4. The van der Waals surface area contributed by atoms with E-state index in [1.165, 1.54) is 13.4 Å². The van der Waals surface area contributed by atoms with Gasteiger partial charge in [-0.3, -0.25) is 0 Å². The van der Waals surface area contributed by atoms with Crippen LogP contribution in [0.25, 0.3) is 22.3 Å².